The van der Waals surface area contributed by atoms with E-state index in [2.05, 4.69) is 12.2 Å². The SMILES string of the molecule is CCCCCNC(=O)COc1ccccc1-c1ccccc1. The number of amides is 1. The lowest BCUT2D eigenvalue weighted by Gasteiger charge is -2.11. The van der Waals surface area contributed by atoms with Crippen LogP contribution in [0.5, 0.6) is 5.75 Å². The van der Waals surface area contributed by atoms with Gasteiger partial charge in [0.15, 0.2) is 6.61 Å². The molecule has 116 valence electrons. The summed E-state index contributed by atoms with van der Waals surface area (Å²) in [6.07, 6.45) is 3.30. The van der Waals surface area contributed by atoms with Crippen molar-refractivity contribution in [3.05, 3.63) is 54.6 Å². The third kappa shape index (κ3) is 4.92. The molecule has 2 rings (SSSR count). The number of rotatable bonds is 8. The van der Waals surface area contributed by atoms with Gasteiger partial charge in [-0.1, -0.05) is 68.3 Å². The number of nitrogens with one attached hydrogen (secondary N) is 1. The van der Waals surface area contributed by atoms with Crippen molar-refractivity contribution in [3.8, 4) is 16.9 Å². The lowest BCUT2D eigenvalue weighted by Crippen LogP contribution is -2.29. The van der Waals surface area contributed by atoms with Gasteiger partial charge in [-0.25, -0.2) is 0 Å². The molecule has 0 unspecified atom stereocenters. The van der Waals surface area contributed by atoms with Crippen LogP contribution in [0.2, 0.25) is 0 Å². The smallest absolute Gasteiger partial charge is 0.257 e. The Morgan fingerprint density at radius 2 is 1.73 bits per heavy atom. The second-order valence-electron chi connectivity index (χ2n) is 5.21. The Bertz CT molecular complexity index is 581. The minimum Gasteiger partial charge on any atom is -0.483 e. The molecular weight excluding hydrogens is 274 g/mol. The number of hydrogen-bond donors (Lipinski definition) is 1. The highest BCUT2D eigenvalue weighted by Gasteiger charge is 2.07. The molecule has 0 aromatic heterocycles. The van der Waals surface area contributed by atoms with Crippen LogP contribution in [0.3, 0.4) is 0 Å². The van der Waals surface area contributed by atoms with Crippen molar-refractivity contribution >= 4 is 5.91 Å². The van der Waals surface area contributed by atoms with Crippen molar-refractivity contribution in [1.29, 1.82) is 0 Å². The van der Waals surface area contributed by atoms with E-state index in [1.54, 1.807) is 0 Å². The first-order valence-electron chi connectivity index (χ1n) is 7.85. The van der Waals surface area contributed by atoms with Crippen LogP contribution in [-0.4, -0.2) is 19.1 Å². The number of carbonyl (C=O) groups is 1. The molecule has 2 aromatic carbocycles. The molecule has 0 heterocycles. The van der Waals surface area contributed by atoms with Gasteiger partial charge in [0, 0.05) is 12.1 Å². The fourth-order valence-corrected chi connectivity index (χ4v) is 2.25. The average Bonchev–Trinajstić information content (AvgIpc) is 2.58. The van der Waals surface area contributed by atoms with E-state index < -0.39 is 0 Å². The predicted molar refractivity (Wildman–Crippen MR) is 89.9 cm³/mol. The van der Waals surface area contributed by atoms with E-state index in [1.165, 1.54) is 0 Å². The highest BCUT2D eigenvalue weighted by molar-refractivity contribution is 5.78. The summed E-state index contributed by atoms with van der Waals surface area (Å²) in [7, 11) is 0. The van der Waals surface area contributed by atoms with Crippen LogP contribution in [0.25, 0.3) is 11.1 Å². The molecule has 0 aliphatic rings. The number of hydrogen-bond acceptors (Lipinski definition) is 2. The first-order chi connectivity index (χ1) is 10.8. The molecule has 0 aliphatic carbocycles. The molecule has 1 amide bonds. The van der Waals surface area contributed by atoms with Crippen LogP contribution in [-0.2, 0) is 4.79 Å². The Labute approximate surface area is 132 Å². The van der Waals surface area contributed by atoms with E-state index in [9.17, 15) is 4.79 Å². The summed E-state index contributed by atoms with van der Waals surface area (Å²) >= 11 is 0. The molecule has 0 saturated heterocycles. The van der Waals surface area contributed by atoms with Gasteiger partial charge in [-0.05, 0) is 18.1 Å². The maximum absolute atomic E-state index is 11.8. The minimum absolute atomic E-state index is 0.0516. The standard InChI is InChI=1S/C19H23NO2/c1-2-3-9-14-20-19(21)15-22-18-13-8-7-12-17(18)16-10-5-4-6-11-16/h4-8,10-13H,2-3,9,14-15H2,1H3,(H,20,21). The van der Waals surface area contributed by atoms with Crippen molar-refractivity contribution in [2.75, 3.05) is 13.2 Å². The van der Waals surface area contributed by atoms with E-state index in [0.29, 0.717) is 0 Å². The molecule has 0 spiro atoms. The zero-order chi connectivity index (χ0) is 15.6. The second-order valence-corrected chi connectivity index (χ2v) is 5.21. The van der Waals surface area contributed by atoms with Crippen LogP contribution in [0.1, 0.15) is 26.2 Å². The summed E-state index contributed by atoms with van der Waals surface area (Å²) in [5.74, 6) is 0.663. The van der Waals surface area contributed by atoms with Crippen molar-refractivity contribution < 1.29 is 9.53 Å². The van der Waals surface area contributed by atoms with Gasteiger partial charge in [-0.2, -0.15) is 0 Å². The summed E-state index contributed by atoms with van der Waals surface area (Å²) in [6, 6.07) is 17.8. The first kappa shape index (κ1) is 16.1. The normalized spacial score (nSPS) is 10.2. The van der Waals surface area contributed by atoms with E-state index in [-0.39, 0.29) is 12.5 Å². The minimum atomic E-state index is -0.0704. The van der Waals surface area contributed by atoms with Crippen LogP contribution in [0.4, 0.5) is 0 Å². The van der Waals surface area contributed by atoms with Crippen LogP contribution >= 0.6 is 0 Å². The lowest BCUT2D eigenvalue weighted by atomic mass is 10.1. The van der Waals surface area contributed by atoms with Crippen molar-refractivity contribution in [2.24, 2.45) is 0 Å². The average molecular weight is 297 g/mol. The molecule has 3 heteroatoms. The molecule has 0 saturated carbocycles. The molecule has 0 atom stereocenters. The summed E-state index contributed by atoms with van der Waals surface area (Å²) in [5.41, 5.74) is 2.09. The molecule has 0 radical (unpaired) electrons. The van der Waals surface area contributed by atoms with Crippen molar-refractivity contribution in [3.63, 3.8) is 0 Å². The van der Waals surface area contributed by atoms with Crippen LogP contribution < -0.4 is 10.1 Å². The van der Waals surface area contributed by atoms with Gasteiger partial charge in [-0.15, -0.1) is 0 Å². The van der Waals surface area contributed by atoms with Crippen molar-refractivity contribution in [1.82, 2.24) is 5.32 Å². The molecule has 3 nitrogen and oxygen atoms in total. The van der Waals surface area contributed by atoms with E-state index in [1.807, 2.05) is 54.6 Å². The van der Waals surface area contributed by atoms with Gasteiger partial charge in [0.25, 0.3) is 5.91 Å². The Morgan fingerprint density at radius 3 is 2.50 bits per heavy atom. The maximum Gasteiger partial charge on any atom is 0.257 e. The zero-order valence-corrected chi connectivity index (χ0v) is 13.0. The maximum atomic E-state index is 11.8. The van der Waals surface area contributed by atoms with Gasteiger partial charge >= 0.3 is 0 Å². The summed E-state index contributed by atoms with van der Waals surface area (Å²) < 4.78 is 5.70. The first-order valence-corrected chi connectivity index (χ1v) is 7.85. The monoisotopic (exact) mass is 297 g/mol. The van der Waals surface area contributed by atoms with E-state index >= 15 is 0 Å². The van der Waals surface area contributed by atoms with Crippen LogP contribution in [0, 0.1) is 0 Å². The number of para-hydroxylation sites is 1. The fraction of sp³-hybridized carbons (Fsp3) is 0.316. The Morgan fingerprint density at radius 1 is 1.00 bits per heavy atom. The molecule has 1 N–H and O–H groups in total. The Kier molecular flexibility index (Phi) is 6.49. The van der Waals surface area contributed by atoms with Gasteiger partial charge in [-0.3, -0.25) is 4.79 Å². The van der Waals surface area contributed by atoms with E-state index in [0.717, 1.165) is 42.7 Å². The molecular formula is C19H23NO2. The van der Waals surface area contributed by atoms with Gasteiger partial charge < -0.3 is 10.1 Å². The summed E-state index contributed by atoms with van der Waals surface area (Å²) in [6.45, 7) is 2.91. The van der Waals surface area contributed by atoms with Crippen molar-refractivity contribution in [2.45, 2.75) is 26.2 Å². The van der Waals surface area contributed by atoms with Gasteiger partial charge in [0.2, 0.25) is 0 Å². The number of benzene rings is 2. The van der Waals surface area contributed by atoms with Gasteiger partial charge in [0.1, 0.15) is 5.75 Å². The Hall–Kier alpha value is -2.29. The zero-order valence-electron chi connectivity index (χ0n) is 13.0. The third-order valence-corrected chi connectivity index (χ3v) is 3.43. The molecule has 22 heavy (non-hydrogen) atoms. The topological polar surface area (TPSA) is 38.3 Å². The molecule has 0 fully saturated rings. The Balaban J connectivity index is 1.92. The second kappa shape index (κ2) is 8.88. The highest BCUT2D eigenvalue weighted by atomic mass is 16.5. The number of carbonyl (C=O) groups excluding carboxylic acids is 1. The molecule has 2 aromatic rings. The number of unbranched alkanes of at least 4 members (excludes halogenated alkanes) is 2. The van der Waals surface area contributed by atoms with Crippen LogP contribution in [0.15, 0.2) is 54.6 Å². The fourth-order valence-electron chi connectivity index (χ4n) is 2.25. The molecule has 0 bridgehead atoms. The number of ether oxygens (including phenoxy) is 1. The molecule has 0 aliphatic heterocycles. The highest BCUT2D eigenvalue weighted by Crippen LogP contribution is 2.29. The van der Waals surface area contributed by atoms with Gasteiger partial charge in [0.05, 0.1) is 0 Å². The summed E-state index contributed by atoms with van der Waals surface area (Å²) in [4.78, 5) is 11.8. The third-order valence-electron chi connectivity index (χ3n) is 3.43. The largest absolute Gasteiger partial charge is 0.483 e. The predicted octanol–water partition coefficient (Wildman–Crippen LogP) is 4.04. The lowest BCUT2D eigenvalue weighted by molar-refractivity contribution is -0.123. The van der Waals surface area contributed by atoms with E-state index in [4.69, 9.17) is 4.74 Å². The summed E-state index contributed by atoms with van der Waals surface area (Å²) in [5, 5.41) is 2.88. The quantitative estimate of drug-likeness (QED) is 0.747.